The van der Waals surface area contributed by atoms with Crippen LogP contribution in [-0.2, 0) is 17.8 Å². The fourth-order valence-corrected chi connectivity index (χ4v) is 3.98. The molecule has 2 aromatic heterocycles. The Morgan fingerprint density at radius 3 is 2.76 bits per heavy atom. The van der Waals surface area contributed by atoms with Gasteiger partial charge in [-0.05, 0) is 12.1 Å². The minimum Gasteiger partial charge on any atom is -0.375 e. The minimum atomic E-state index is -2.77. The molecule has 1 N–H and O–H groups in total. The highest BCUT2D eigenvalue weighted by molar-refractivity contribution is 5.88. The van der Waals surface area contributed by atoms with Crippen molar-refractivity contribution in [1.29, 1.82) is 0 Å². The molecule has 0 radical (unpaired) electrons. The summed E-state index contributed by atoms with van der Waals surface area (Å²) in [6, 6.07) is 8.11. The molecule has 4 heterocycles. The van der Waals surface area contributed by atoms with Crippen LogP contribution in [0, 0.1) is 5.82 Å². The summed E-state index contributed by atoms with van der Waals surface area (Å²) in [5.74, 6) is -2.28. The van der Waals surface area contributed by atoms with Crippen molar-refractivity contribution in [3.63, 3.8) is 0 Å². The number of pyridine rings is 1. The molecule has 1 aromatic carbocycles. The van der Waals surface area contributed by atoms with E-state index in [1.165, 1.54) is 12.3 Å². The number of hydrogen-bond donors (Lipinski definition) is 1. The van der Waals surface area contributed by atoms with Gasteiger partial charge in [-0.3, -0.25) is 0 Å². The van der Waals surface area contributed by atoms with E-state index >= 15 is 0 Å². The van der Waals surface area contributed by atoms with Crippen LogP contribution in [0.25, 0.3) is 22.5 Å². The molecule has 0 unspecified atom stereocenters. The number of anilines is 1. The number of aromatic amines is 1. The zero-order chi connectivity index (χ0) is 20.0. The Morgan fingerprint density at radius 2 is 2.00 bits per heavy atom. The van der Waals surface area contributed by atoms with Crippen molar-refractivity contribution in [2.45, 2.75) is 25.4 Å². The van der Waals surface area contributed by atoms with Crippen LogP contribution in [0.2, 0.25) is 0 Å². The molecule has 2 aliphatic rings. The summed E-state index contributed by atoms with van der Waals surface area (Å²) in [4.78, 5) is 13.9. The third-order valence-corrected chi connectivity index (χ3v) is 5.40. The van der Waals surface area contributed by atoms with E-state index in [1.54, 1.807) is 29.2 Å². The fraction of sp³-hybridized carbons (Fsp3) is 0.333. The lowest BCUT2D eigenvalue weighted by Crippen LogP contribution is -2.26. The second-order valence-corrected chi connectivity index (χ2v) is 7.38. The average molecular weight is 400 g/mol. The van der Waals surface area contributed by atoms with Crippen molar-refractivity contribution in [2.75, 3.05) is 24.6 Å². The van der Waals surface area contributed by atoms with Crippen molar-refractivity contribution in [3.8, 4) is 22.5 Å². The molecule has 2 aliphatic heterocycles. The topological polar surface area (TPSA) is 54.0 Å². The van der Waals surface area contributed by atoms with Crippen LogP contribution in [0.5, 0.6) is 0 Å². The first kappa shape index (κ1) is 18.2. The fourth-order valence-electron chi connectivity index (χ4n) is 3.98. The molecule has 3 aromatic rings. The van der Waals surface area contributed by atoms with Gasteiger partial charge in [0.25, 0.3) is 5.92 Å². The van der Waals surface area contributed by atoms with Crippen molar-refractivity contribution >= 4 is 5.82 Å². The number of hydrogen-bond acceptors (Lipinski definition) is 4. The van der Waals surface area contributed by atoms with E-state index in [1.807, 2.05) is 0 Å². The Morgan fingerprint density at radius 1 is 1.14 bits per heavy atom. The summed E-state index contributed by atoms with van der Waals surface area (Å²) in [5, 5.41) is 0. The zero-order valence-electron chi connectivity index (χ0n) is 15.6. The number of nitrogens with zero attached hydrogens (tertiary/aromatic N) is 3. The lowest BCUT2D eigenvalue weighted by atomic mass is 9.99. The molecule has 29 heavy (non-hydrogen) atoms. The lowest BCUT2D eigenvalue weighted by molar-refractivity contribution is 0.0257. The third-order valence-electron chi connectivity index (χ3n) is 5.40. The lowest BCUT2D eigenvalue weighted by Gasteiger charge is -2.22. The number of halogens is 3. The minimum absolute atomic E-state index is 0.178. The molecule has 0 amide bonds. The molecule has 0 aliphatic carbocycles. The first-order valence-corrected chi connectivity index (χ1v) is 9.54. The van der Waals surface area contributed by atoms with Crippen LogP contribution < -0.4 is 4.90 Å². The van der Waals surface area contributed by atoms with Crippen molar-refractivity contribution < 1.29 is 17.9 Å². The summed E-state index contributed by atoms with van der Waals surface area (Å²) < 4.78 is 47.9. The van der Waals surface area contributed by atoms with Gasteiger partial charge in [0, 0.05) is 36.7 Å². The van der Waals surface area contributed by atoms with E-state index in [4.69, 9.17) is 9.72 Å². The third kappa shape index (κ3) is 3.27. The molecular formula is C21H19F3N4O. The summed E-state index contributed by atoms with van der Waals surface area (Å²) in [5.41, 5.74) is 3.21. The van der Waals surface area contributed by atoms with Gasteiger partial charge in [0.2, 0.25) is 0 Å². The van der Waals surface area contributed by atoms with E-state index in [2.05, 4.69) is 9.97 Å². The van der Waals surface area contributed by atoms with E-state index in [0.717, 1.165) is 11.4 Å². The average Bonchev–Trinajstić information content (AvgIpc) is 3.30. The van der Waals surface area contributed by atoms with Gasteiger partial charge in [-0.25, -0.2) is 23.1 Å². The number of aromatic nitrogens is 3. The van der Waals surface area contributed by atoms with E-state index in [-0.39, 0.29) is 13.0 Å². The standard InChI is InChI=1S/C21H19F3N4O/c22-15-4-2-1-3-13(15)14-5-8-25-20(28-9-7-21(23,24)12-28)18(14)19-26-16-6-10-29-11-17(16)27-19/h1-5,8H,6-7,9-12H2,(H,26,27). The molecular weight excluding hydrogens is 381 g/mol. The molecule has 1 fully saturated rings. The van der Waals surface area contributed by atoms with Crippen molar-refractivity contribution in [2.24, 2.45) is 0 Å². The number of nitrogens with one attached hydrogen (secondary N) is 1. The molecule has 1 saturated heterocycles. The van der Waals surface area contributed by atoms with E-state index < -0.39 is 18.3 Å². The van der Waals surface area contributed by atoms with Gasteiger partial charge in [0.1, 0.15) is 17.5 Å². The Bertz CT molecular complexity index is 1040. The maximum Gasteiger partial charge on any atom is 0.266 e. The van der Waals surface area contributed by atoms with Crippen LogP contribution in [0.4, 0.5) is 19.0 Å². The molecule has 0 bridgehead atoms. The Labute approximate surface area is 165 Å². The number of H-pyrrole nitrogens is 1. The van der Waals surface area contributed by atoms with Gasteiger partial charge in [0.15, 0.2) is 0 Å². The highest BCUT2D eigenvalue weighted by Gasteiger charge is 2.40. The maximum atomic E-state index is 14.6. The molecule has 5 rings (SSSR count). The first-order valence-electron chi connectivity index (χ1n) is 9.54. The highest BCUT2D eigenvalue weighted by Crippen LogP contribution is 2.41. The van der Waals surface area contributed by atoms with Crippen molar-refractivity contribution in [3.05, 3.63) is 53.7 Å². The number of fused-ring (bicyclic) bond motifs is 1. The number of alkyl halides is 2. The summed E-state index contributed by atoms with van der Waals surface area (Å²) in [6.07, 6.45) is 1.96. The second-order valence-electron chi connectivity index (χ2n) is 7.38. The summed E-state index contributed by atoms with van der Waals surface area (Å²) >= 11 is 0. The molecule has 8 heteroatoms. The first-order chi connectivity index (χ1) is 14.0. The zero-order valence-corrected chi connectivity index (χ0v) is 15.6. The van der Waals surface area contributed by atoms with Gasteiger partial charge in [-0.1, -0.05) is 18.2 Å². The molecule has 0 saturated carbocycles. The van der Waals surface area contributed by atoms with Crippen LogP contribution >= 0.6 is 0 Å². The quantitative estimate of drug-likeness (QED) is 0.716. The van der Waals surface area contributed by atoms with Gasteiger partial charge in [-0.15, -0.1) is 0 Å². The number of benzene rings is 1. The molecule has 5 nitrogen and oxygen atoms in total. The Balaban J connectivity index is 1.71. The number of rotatable bonds is 3. The van der Waals surface area contributed by atoms with Gasteiger partial charge in [0.05, 0.1) is 36.7 Å². The monoisotopic (exact) mass is 400 g/mol. The molecule has 0 spiro atoms. The van der Waals surface area contributed by atoms with E-state index in [0.29, 0.717) is 48.0 Å². The molecule has 0 atom stereocenters. The highest BCUT2D eigenvalue weighted by atomic mass is 19.3. The van der Waals surface area contributed by atoms with E-state index in [9.17, 15) is 13.2 Å². The largest absolute Gasteiger partial charge is 0.375 e. The Hall–Kier alpha value is -2.87. The van der Waals surface area contributed by atoms with Gasteiger partial charge >= 0.3 is 0 Å². The SMILES string of the molecule is Fc1ccccc1-c1ccnc(N2CCC(F)(F)C2)c1-c1nc2c([nH]1)COCC2. The van der Waals surface area contributed by atoms with Gasteiger partial charge in [-0.2, -0.15) is 0 Å². The van der Waals surface area contributed by atoms with Crippen molar-refractivity contribution in [1.82, 2.24) is 15.0 Å². The van der Waals surface area contributed by atoms with Crippen LogP contribution in [0.3, 0.4) is 0 Å². The van der Waals surface area contributed by atoms with Crippen LogP contribution in [0.15, 0.2) is 36.5 Å². The van der Waals surface area contributed by atoms with Gasteiger partial charge < -0.3 is 14.6 Å². The smallest absolute Gasteiger partial charge is 0.266 e. The predicted octanol–water partition coefficient (Wildman–Crippen LogP) is 4.20. The summed E-state index contributed by atoms with van der Waals surface area (Å²) in [7, 11) is 0. The normalized spacial score (nSPS) is 18.1. The van der Waals surface area contributed by atoms with Crippen LogP contribution in [-0.4, -0.2) is 40.6 Å². The number of imidazole rings is 1. The number of ether oxygens (including phenoxy) is 1. The predicted molar refractivity (Wildman–Crippen MR) is 102 cm³/mol. The maximum absolute atomic E-state index is 14.6. The molecule has 150 valence electrons. The summed E-state index contributed by atoms with van der Waals surface area (Å²) in [6.45, 7) is 0.749. The Kier molecular flexibility index (Phi) is 4.31. The second kappa shape index (κ2) is 6.88. The van der Waals surface area contributed by atoms with Crippen LogP contribution in [0.1, 0.15) is 17.8 Å².